The summed E-state index contributed by atoms with van der Waals surface area (Å²) in [5.74, 6) is -0.668. The number of carbonyl (C=O) groups excluding carboxylic acids is 2. The first-order chi connectivity index (χ1) is 19.6. The van der Waals surface area contributed by atoms with Gasteiger partial charge in [0.1, 0.15) is 23.2 Å². The van der Waals surface area contributed by atoms with Crippen LogP contribution in [-0.2, 0) is 30.0 Å². The van der Waals surface area contributed by atoms with Gasteiger partial charge in [-0.3, -0.25) is 9.59 Å². The largest absolute Gasteiger partial charge is 0.508 e. The van der Waals surface area contributed by atoms with E-state index >= 15 is 0 Å². The molecule has 9 heteroatoms. The SMILES string of the molecule is CCOC(=O)C(C(C)C)P(=O)(COc1cc(C)c(Cc2ccc(O)c(C(C)C)c2)c(C)c1)N[C@H](C(=O)OCC)C(C)C. The maximum absolute atomic E-state index is 14.7. The van der Waals surface area contributed by atoms with E-state index in [9.17, 15) is 19.3 Å². The van der Waals surface area contributed by atoms with E-state index in [0.717, 1.165) is 27.8 Å². The fraction of sp³-hybridized carbons (Fsp3) is 0.576. The summed E-state index contributed by atoms with van der Waals surface area (Å²) < 4.78 is 31.4. The summed E-state index contributed by atoms with van der Waals surface area (Å²) in [5, 5.41) is 13.3. The van der Waals surface area contributed by atoms with Gasteiger partial charge in [-0.15, -0.1) is 0 Å². The molecule has 0 fully saturated rings. The van der Waals surface area contributed by atoms with Crippen molar-refractivity contribution in [3.8, 4) is 11.5 Å². The molecular weight excluding hydrogens is 553 g/mol. The van der Waals surface area contributed by atoms with Crippen molar-refractivity contribution in [3.05, 3.63) is 58.1 Å². The van der Waals surface area contributed by atoms with Gasteiger partial charge in [0.25, 0.3) is 0 Å². The van der Waals surface area contributed by atoms with Crippen LogP contribution in [0.15, 0.2) is 30.3 Å². The van der Waals surface area contributed by atoms with Crippen LogP contribution in [0.1, 0.15) is 89.1 Å². The van der Waals surface area contributed by atoms with E-state index in [1.165, 1.54) is 0 Å². The molecule has 3 atom stereocenters. The van der Waals surface area contributed by atoms with E-state index in [1.54, 1.807) is 19.9 Å². The minimum Gasteiger partial charge on any atom is -0.508 e. The summed E-state index contributed by atoms with van der Waals surface area (Å²) in [6.07, 6.45) is 0.386. The van der Waals surface area contributed by atoms with Crippen LogP contribution in [0, 0.1) is 25.7 Å². The molecule has 2 unspecified atom stereocenters. The van der Waals surface area contributed by atoms with Crippen molar-refractivity contribution in [2.24, 2.45) is 11.8 Å². The molecule has 2 aromatic carbocycles. The number of aromatic hydroxyl groups is 1. The van der Waals surface area contributed by atoms with Crippen LogP contribution < -0.4 is 9.82 Å². The van der Waals surface area contributed by atoms with Gasteiger partial charge in [0.15, 0.2) is 13.6 Å². The summed E-state index contributed by atoms with van der Waals surface area (Å²) in [6.45, 7) is 19.1. The maximum Gasteiger partial charge on any atom is 0.323 e. The second kappa shape index (κ2) is 15.6. The predicted molar refractivity (Wildman–Crippen MR) is 168 cm³/mol. The summed E-state index contributed by atoms with van der Waals surface area (Å²) in [6, 6.07) is 8.63. The summed E-state index contributed by atoms with van der Waals surface area (Å²) in [7, 11) is -3.71. The third kappa shape index (κ3) is 9.08. The van der Waals surface area contributed by atoms with Crippen LogP contribution in [0.3, 0.4) is 0 Å². The number of esters is 2. The lowest BCUT2D eigenvalue weighted by Crippen LogP contribution is -2.45. The van der Waals surface area contributed by atoms with Gasteiger partial charge in [-0.2, -0.15) is 0 Å². The highest BCUT2D eigenvalue weighted by Gasteiger charge is 2.45. The molecule has 0 aromatic heterocycles. The van der Waals surface area contributed by atoms with E-state index in [-0.39, 0.29) is 37.3 Å². The number of hydrogen-bond acceptors (Lipinski definition) is 7. The van der Waals surface area contributed by atoms with Crippen LogP contribution in [0.2, 0.25) is 0 Å². The average Bonchev–Trinajstić information content (AvgIpc) is 2.89. The molecule has 42 heavy (non-hydrogen) atoms. The Bertz CT molecular complexity index is 1250. The zero-order chi connectivity index (χ0) is 31.8. The molecule has 0 heterocycles. The quantitative estimate of drug-likeness (QED) is 0.164. The van der Waals surface area contributed by atoms with Gasteiger partial charge in [-0.25, -0.2) is 5.09 Å². The zero-order valence-corrected chi connectivity index (χ0v) is 27.8. The highest BCUT2D eigenvalue weighted by atomic mass is 31.2. The number of rotatable bonds is 15. The minimum absolute atomic E-state index is 0.147. The van der Waals surface area contributed by atoms with Gasteiger partial charge >= 0.3 is 11.9 Å². The molecule has 2 aromatic rings. The third-order valence-electron chi connectivity index (χ3n) is 7.36. The normalized spacial score (nSPS) is 14.5. The van der Waals surface area contributed by atoms with Crippen molar-refractivity contribution in [2.45, 2.75) is 93.3 Å². The molecule has 0 bridgehead atoms. The van der Waals surface area contributed by atoms with Crippen molar-refractivity contribution in [2.75, 3.05) is 19.6 Å². The van der Waals surface area contributed by atoms with Gasteiger partial charge in [0, 0.05) is 0 Å². The van der Waals surface area contributed by atoms with Gasteiger partial charge in [0.05, 0.1) is 13.2 Å². The molecule has 8 nitrogen and oxygen atoms in total. The van der Waals surface area contributed by atoms with E-state index in [0.29, 0.717) is 17.9 Å². The van der Waals surface area contributed by atoms with Gasteiger partial charge in [-0.05, 0) is 97.9 Å². The molecule has 0 aliphatic heterocycles. The van der Waals surface area contributed by atoms with Crippen LogP contribution in [0.25, 0.3) is 0 Å². The first-order valence-electron chi connectivity index (χ1n) is 14.9. The number of phenols is 1. The number of benzene rings is 2. The Morgan fingerprint density at radius 3 is 1.95 bits per heavy atom. The molecule has 2 rings (SSSR count). The fourth-order valence-electron chi connectivity index (χ4n) is 5.16. The van der Waals surface area contributed by atoms with Crippen molar-refractivity contribution >= 4 is 19.2 Å². The smallest absolute Gasteiger partial charge is 0.323 e. The summed E-state index contributed by atoms with van der Waals surface area (Å²) >= 11 is 0. The zero-order valence-electron chi connectivity index (χ0n) is 26.9. The van der Waals surface area contributed by atoms with Crippen molar-refractivity contribution < 1.29 is 33.5 Å². The van der Waals surface area contributed by atoms with Crippen LogP contribution >= 0.6 is 7.29 Å². The van der Waals surface area contributed by atoms with E-state index in [4.69, 9.17) is 14.2 Å². The van der Waals surface area contributed by atoms with Crippen LogP contribution in [-0.4, -0.2) is 48.3 Å². The summed E-state index contributed by atoms with van der Waals surface area (Å²) in [4.78, 5) is 25.9. The molecule has 0 aliphatic carbocycles. The Morgan fingerprint density at radius 1 is 0.881 bits per heavy atom. The third-order valence-corrected chi connectivity index (χ3v) is 10.3. The second-order valence-electron chi connectivity index (χ2n) is 11.9. The first-order valence-corrected chi connectivity index (χ1v) is 16.9. The van der Waals surface area contributed by atoms with E-state index < -0.39 is 30.9 Å². The summed E-state index contributed by atoms with van der Waals surface area (Å²) in [5.41, 5.74) is 4.14. The number of aryl methyl sites for hydroxylation is 2. The highest BCUT2D eigenvalue weighted by Crippen LogP contribution is 2.51. The maximum atomic E-state index is 14.7. The standard InChI is InChI=1S/C33H50NO7P/c1-11-39-32(36)30(21(5)6)34-42(38,31(22(7)8)33(37)40-12-2)19-41-26-15-23(9)28(24(10)16-26)18-25-13-14-29(35)27(17-25)20(3)4/h13-17,20-22,30-31,35H,11-12,18-19H2,1-10H3,(H,34,38)/t30-,31?,42?/m0/s1. The van der Waals surface area contributed by atoms with E-state index in [2.05, 4.69) is 18.9 Å². The van der Waals surface area contributed by atoms with Crippen LogP contribution in [0.4, 0.5) is 0 Å². The number of carbonyl (C=O) groups is 2. The number of hydrogen-bond donors (Lipinski definition) is 2. The lowest BCUT2D eigenvalue weighted by Gasteiger charge is -2.33. The molecule has 2 N–H and O–H groups in total. The minimum atomic E-state index is -3.71. The number of nitrogens with one attached hydrogen (secondary N) is 1. The average molecular weight is 604 g/mol. The topological polar surface area (TPSA) is 111 Å². The Hall–Kier alpha value is -2.83. The Labute approximate surface area is 252 Å². The predicted octanol–water partition coefficient (Wildman–Crippen LogP) is 7.10. The monoisotopic (exact) mass is 603 g/mol. The molecule has 0 spiro atoms. The molecule has 234 valence electrons. The number of ether oxygens (including phenoxy) is 3. The lowest BCUT2D eigenvalue weighted by atomic mass is 9.93. The Morgan fingerprint density at radius 2 is 1.45 bits per heavy atom. The molecule has 0 amide bonds. The lowest BCUT2D eigenvalue weighted by molar-refractivity contribution is -0.147. The Balaban J connectivity index is 2.43. The molecule has 0 saturated heterocycles. The second-order valence-corrected chi connectivity index (χ2v) is 14.5. The van der Waals surface area contributed by atoms with Crippen molar-refractivity contribution in [3.63, 3.8) is 0 Å². The molecule has 0 saturated carbocycles. The first kappa shape index (κ1) is 35.4. The van der Waals surface area contributed by atoms with Crippen LogP contribution in [0.5, 0.6) is 11.5 Å². The van der Waals surface area contributed by atoms with Crippen molar-refractivity contribution in [1.82, 2.24) is 5.09 Å². The number of phenolic OH excluding ortho intramolecular Hbond substituents is 1. The van der Waals surface area contributed by atoms with Gasteiger partial charge in [-0.1, -0.05) is 53.7 Å². The Kier molecular flexibility index (Phi) is 13.1. The highest BCUT2D eigenvalue weighted by molar-refractivity contribution is 7.63. The fourth-order valence-corrected chi connectivity index (χ4v) is 8.15. The molecule has 0 radical (unpaired) electrons. The van der Waals surface area contributed by atoms with Crippen molar-refractivity contribution in [1.29, 1.82) is 0 Å². The van der Waals surface area contributed by atoms with E-state index in [1.807, 2.05) is 65.8 Å². The molecule has 0 aliphatic rings. The van der Waals surface area contributed by atoms with Gasteiger partial charge in [0.2, 0.25) is 0 Å². The molecular formula is C33H50NO7P. The van der Waals surface area contributed by atoms with Gasteiger partial charge < -0.3 is 23.9 Å².